The summed E-state index contributed by atoms with van der Waals surface area (Å²) >= 11 is 11.1. The van der Waals surface area contributed by atoms with Crippen LogP contribution in [0.1, 0.15) is 16.5 Å². The summed E-state index contributed by atoms with van der Waals surface area (Å²) in [6.45, 7) is 1.86. The van der Waals surface area contributed by atoms with Gasteiger partial charge in [-0.3, -0.25) is 14.5 Å². The Hall–Kier alpha value is -2.48. The van der Waals surface area contributed by atoms with Crippen LogP contribution in [0.5, 0.6) is 5.75 Å². The van der Waals surface area contributed by atoms with Gasteiger partial charge in [0.05, 0.1) is 10.2 Å². The van der Waals surface area contributed by atoms with Gasteiger partial charge in [0.25, 0.3) is 5.91 Å². The fourth-order valence-electron chi connectivity index (χ4n) is 3.40. The number of halogens is 2. The topological polar surface area (TPSA) is 58.6 Å². The van der Waals surface area contributed by atoms with E-state index in [2.05, 4.69) is 21.2 Å². The highest BCUT2D eigenvalue weighted by Crippen LogP contribution is 2.43. The average Bonchev–Trinajstić information content (AvgIpc) is 3.15. The van der Waals surface area contributed by atoms with E-state index in [-0.39, 0.29) is 23.8 Å². The van der Waals surface area contributed by atoms with Gasteiger partial charge >= 0.3 is 0 Å². The van der Waals surface area contributed by atoms with E-state index >= 15 is 0 Å². The summed E-state index contributed by atoms with van der Waals surface area (Å²) in [4.78, 5) is 26.5. The Morgan fingerprint density at radius 2 is 1.97 bits per heavy atom. The zero-order valence-electron chi connectivity index (χ0n) is 17.2. The minimum Gasteiger partial charge on any atom is -0.483 e. The number of nitrogens with zero attached hydrogens (tertiary/aromatic N) is 1. The summed E-state index contributed by atoms with van der Waals surface area (Å²) in [6, 6.07) is 20.5. The second-order valence-corrected chi connectivity index (χ2v) is 9.66. The Morgan fingerprint density at radius 3 is 2.69 bits per heavy atom. The van der Waals surface area contributed by atoms with Crippen LogP contribution in [0.3, 0.4) is 0 Å². The smallest absolute Gasteiger partial charge is 0.262 e. The van der Waals surface area contributed by atoms with Crippen molar-refractivity contribution in [2.75, 3.05) is 22.6 Å². The van der Waals surface area contributed by atoms with E-state index in [0.717, 1.165) is 27.0 Å². The first-order valence-electron chi connectivity index (χ1n) is 9.89. The molecule has 1 aliphatic rings. The van der Waals surface area contributed by atoms with Crippen molar-refractivity contribution >= 4 is 62.5 Å². The molecule has 0 aliphatic carbocycles. The van der Waals surface area contributed by atoms with Crippen molar-refractivity contribution in [3.8, 4) is 5.75 Å². The van der Waals surface area contributed by atoms with Crippen molar-refractivity contribution in [1.82, 2.24) is 0 Å². The zero-order valence-corrected chi connectivity index (χ0v) is 20.3. The molecule has 1 N–H and O–H groups in total. The molecule has 32 heavy (non-hydrogen) atoms. The summed E-state index contributed by atoms with van der Waals surface area (Å²) in [5, 5.41) is 3.30. The SMILES string of the molecule is Cc1cccc(NC(=O)COc2ccc([C@H]3SCC(=O)N3c3ccc(Cl)cc3)cc2Br)c1. The lowest BCUT2D eigenvalue weighted by Gasteiger charge is -2.25. The van der Waals surface area contributed by atoms with Gasteiger partial charge in [0.15, 0.2) is 6.61 Å². The van der Waals surface area contributed by atoms with Gasteiger partial charge in [-0.2, -0.15) is 0 Å². The van der Waals surface area contributed by atoms with Crippen LogP contribution in [-0.2, 0) is 9.59 Å². The van der Waals surface area contributed by atoms with Crippen molar-refractivity contribution in [1.29, 1.82) is 0 Å². The molecule has 3 aromatic carbocycles. The third-order valence-electron chi connectivity index (χ3n) is 4.87. The number of benzene rings is 3. The summed E-state index contributed by atoms with van der Waals surface area (Å²) in [6.07, 6.45) is 0. The highest BCUT2D eigenvalue weighted by Gasteiger charge is 2.34. The Kier molecular flexibility index (Phi) is 7.08. The molecule has 0 spiro atoms. The molecule has 0 saturated carbocycles. The van der Waals surface area contributed by atoms with Crippen LogP contribution in [0.2, 0.25) is 5.02 Å². The number of hydrogen-bond acceptors (Lipinski definition) is 4. The highest BCUT2D eigenvalue weighted by atomic mass is 79.9. The zero-order chi connectivity index (χ0) is 22.7. The van der Waals surface area contributed by atoms with Crippen LogP contribution < -0.4 is 15.0 Å². The number of thioether (sulfide) groups is 1. The molecule has 8 heteroatoms. The van der Waals surface area contributed by atoms with E-state index in [1.165, 1.54) is 0 Å². The molecule has 0 radical (unpaired) electrons. The van der Waals surface area contributed by atoms with Crippen molar-refractivity contribution in [3.05, 3.63) is 87.4 Å². The second kappa shape index (κ2) is 9.98. The van der Waals surface area contributed by atoms with E-state index < -0.39 is 0 Å². The third-order valence-corrected chi connectivity index (χ3v) is 6.96. The van der Waals surface area contributed by atoms with Crippen LogP contribution in [0, 0.1) is 6.92 Å². The molecule has 5 nitrogen and oxygen atoms in total. The van der Waals surface area contributed by atoms with Crippen LogP contribution in [0.25, 0.3) is 0 Å². The summed E-state index contributed by atoms with van der Waals surface area (Å²) in [5.74, 6) is 0.770. The first kappa shape index (κ1) is 22.7. The molecule has 1 aliphatic heterocycles. The van der Waals surface area contributed by atoms with E-state index in [0.29, 0.717) is 16.5 Å². The maximum absolute atomic E-state index is 12.5. The fraction of sp³-hybridized carbons (Fsp3) is 0.167. The molecule has 4 rings (SSSR count). The molecule has 0 aromatic heterocycles. The van der Waals surface area contributed by atoms with Gasteiger partial charge < -0.3 is 10.1 Å². The molecule has 164 valence electrons. The fourth-order valence-corrected chi connectivity index (χ4v) is 5.21. The minimum atomic E-state index is -0.238. The first-order chi connectivity index (χ1) is 15.4. The summed E-state index contributed by atoms with van der Waals surface area (Å²) in [7, 11) is 0. The maximum Gasteiger partial charge on any atom is 0.262 e. The molecular weight excluding hydrogens is 512 g/mol. The summed E-state index contributed by atoms with van der Waals surface area (Å²) in [5.41, 5.74) is 3.56. The largest absolute Gasteiger partial charge is 0.483 e. The van der Waals surface area contributed by atoms with E-state index in [4.69, 9.17) is 16.3 Å². The molecule has 1 saturated heterocycles. The maximum atomic E-state index is 12.5. The second-order valence-electron chi connectivity index (χ2n) is 7.30. The third kappa shape index (κ3) is 5.28. The number of amides is 2. The van der Waals surface area contributed by atoms with Gasteiger partial charge in [0.2, 0.25) is 5.91 Å². The molecule has 1 fully saturated rings. The van der Waals surface area contributed by atoms with Gasteiger partial charge in [0, 0.05) is 16.4 Å². The first-order valence-corrected chi connectivity index (χ1v) is 12.1. The van der Waals surface area contributed by atoms with Gasteiger partial charge in [-0.25, -0.2) is 0 Å². The Balaban J connectivity index is 1.44. The van der Waals surface area contributed by atoms with Gasteiger partial charge in [-0.1, -0.05) is 29.8 Å². The van der Waals surface area contributed by atoms with Gasteiger partial charge in [-0.05, 0) is 82.5 Å². The number of aryl methyl sites for hydroxylation is 1. The molecule has 0 bridgehead atoms. The Morgan fingerprint density at radius 1 is 1.19 bits per heavy atom. The number of hydrogen-bond donors (Lipinski definition) is 1. The van der Waals surface area contributed by atoms with Crippen molar-refractivity contribution in [3.63, 3.8) is 0 Å². The Labute approximate surface area is 204 Å². The molecular formula is C24H20BrClN2O3S. The number of rotatable bonds is 6. The molecule has 1 atom stereocenters. The number of ether oxygens (including phenoxy) is 1. The van der Waals surface area contributed by atoms with E-state index in [1.807, 2.05) is 61.5 Å². The number of carbonyl (C=O) groups is 2. The molecule has 3 aromatic rings. The van der Waals surface area contributed by atoms with Crippen molar-refractivity contribution in [2.45, 2.75) is 12.3 Å². The number of nitrogens with one attached hydrogen (secondary N) is 1. The monoisotopic (exact) mass is 530 g/mol. The van der Waals surface area contributed by atoms with E-state index in [9.17, 15) is 9.59 Å². The summed E-state index contributed by atoms with van der Waals surface area (Å²) < 4.78 is 6.42. The predicted molar refractivity (Wildman–Crippen MR) is 134 cm³/mol. The molecule has 1 heterocycles. The van der Waals surface area contributed by atoms with Crippen LogP contribution >= 0.6 is 39.3 Å². The lowest BCUT2D eigenvalue weighted by molar-refractivity contribution is -0.118. The average molecular weight is 532 g/mol. The lowest BCUT2D eigenvalue weighted by Crippen LogP contribution is -2.27. The lowest BCUT2D eigenvalue weighted by atomic mass is 10.1. The Bertz CT molecular complexity index is 1160. The van der Waals surface area contributed by atoms with Crippen LogP contribution in [0.4, 0.5) is 11.4 Å². The number of carbonyl (C=O) groups excluding carboxylic acids is 2. The van der Waals surface area contributed by atoms with E-state index in [1.54, 1.807) is 28.8 Å². The predicted octanol–water partition coefficient (Wildman–Crippen LogP) is 6.21. The van der Waals surface area contributed by atoms with Crippen molar-refractivity contribution in [2.24, 2.45) is 0 Å². The standard InChI is InChI=1S/C24H20BrClN2O3S/c1-15-3-2-4-18(11-15)27-22(29)13-31-21-10-5-16(12-20(21)25)24-28(23(30)14-32-24)19-8-6-17(26)7-9-19/h2-12,24H,13-14H2,1H3,(H,27,29)/t24-/m1/s1. The molecule has 0 unspecified atom stereocenters. The normalized spacial score (nSPS) is 15.7. The highest BCUT2D eigenvalue weighted by molar-refractivity contribution is 9.10. The van der Waals surface area contributed by atoms with Gasteiger partial charge in [-0.15, -0.1) is 11.8 Å². The minimum absolute atomic E-state index is 0.0478. The number of anilines is 2. The quantitative estimate of drug-likeness (QED) is 0.411. The van der Waals surface area contributed by atoms with Crippen LogP contribution in [0.15, 0.2) is 71.2 Å². The van der Waals surface area contributed by atoms with Crippen LogP contribution in [-0.4, -0.2) is 24.2 Å². The molecule has 2 amide bonds. The van der Waals surface area contributed by atoms with Crippen molar-refractivity contribution < 1.29 is 14.3 Å². The van der Waals surface area contributed by atoms with Gasteiger partial charge in [0.1, 0.15) is 11.1 Å².